The first-order valence-electron chi connectivity index (χ1n) is 7.13. The number of aldehydes is 1. The number of aryl methyl sites for hydroxylation is 1. The summed E-state index contributed by atoms with van der Waals surface area (Å²) in [5.74, 6) is -0.333. The topological polar surface area (TPSA) is 66.5 Å². The van der Waals surface area contributed by atoms with Gasteiger partial charge in [0.15, 0.2) is 0 Å². The molecule has 0 aliphatic carbocycles. The van der Waals surface area contributed by atoms with E-state index in [0.717, 1.165) is 16.7 Å². The predicted molar refractivity (Wildman–Crippen MR) is 83.4 cm³/mol. The standard InChI is InChI=1S/C13H16N2O3S.C2H6/c1-8-9-6-15(13(18)10(9)7-19-8)11(4-3-5-16)12(17)14-2;1-2/h5,7,11H,3-4,6H2,1-2H3,(H,14,17);1-2H3. The highest BCUT2D eigenvalue weighted by Gasteiger charge is 2.37. The van der Waals surface area contributed by atoms with E-state index in [4.69, 9.17) is 0 Å². The number of amides is 2. The maximum absolute atomic E-state index is 12.3. The van der Waals surface area contributed by atoms with E-state index in [0.29, 0.717) is 18.5 Å². The molecule has 6 heteroatoms. The van der Waals surface area contributed by atoms with Gasteiger partial charge in [-0.05, 0) is 18.9 Å². The largest absolute Gasteiger partial charge is 0.357 e. The smallest absolute Gasteiger partial charge is 0.256 e. The van der Waals surface area contributed by atoms with Crippen LogP contribution in [0.1, 0.15) is 47.5 Å². The van der Waals surface area contributed by atoms with Gasteiger partial charge >= 0.3 is 0 Å². The van der Waals surface area contributed by atoms with E-state index in [-0.39, 0.29) is 18.2 Å². The number of nitrogens with one attached hydrogen (secondary N) is 1. The van der Waals surface area contributed by atoms with Crippen LogP contribution < -0.4 is 5.32 Å². The molecule has 1 atom stereocenters. The molecule has 1 aliphatic rings. The van der Waals surface area contributed by atoms with Gasteiger partial charge in [0.05, 0.1) is 5.56 Å². The predicted octanol–water partition coefficient (Wildman–Crippen LogP) is 2.13. The minimum Gasteiger partial charge on any atom is -0.357 e. The van der Waals surface area contributed by atoms with E-state index in [1.807, 2.05) is 26.2 Å². The van der Waals surface area contributed by atoms with Crippen molar-refractivity contribution in [2.45, 2.75) is 46.2 Å². The zero-order valence-corrected chi connectivity index (χ0v) is 13.8. The minimum atomic E-state index is -0.570. The lowest BCUT2D eigenvalue weighted by atomic mass is 10.1. The first kappa shape index (κ1) is 17.4. The molecule has 0 fully saturated rings. The summed E-state index contributed by atoms with van der Waals surface area (Å²) in [7, 11) is 1.54. The quantitative estimate of drug-likeness (QED) is 0.847. The van der Waals surface area contributed by atoms with E-state index < -0.39 is 6.04 Å². The van der Waals surface area contributed by atoms with Crippen LogP contribution in [0.15, 0.2) is 5.38 Å². The number of hydrogen-bond donors (Lipinski definition) is 1. The van der Waals surface area contributed by atoms with Gasteiger partial charge in [-0.25, -0.2) is 0 Å². The Bertz CT molecular complexity index is 525. The average Bonchev–Trinajstić information content (AvgIpc) is 3.03. The molecular formula is C15H22N2O3S. The van der Waals surface area contributed by atoms with Crippen molar-refractivity contribution in [2.24, 2.45) is 0 Å². The van der Waals surface area contributed by atoms with Gasteiger partial charge in [0.1, 0.15) is 12.3 Å². The number of thiophene rings is 1. The van der Waals surface area contributed by atoms with Crippen LogP contribution in [0.5, 0.6) is 0 Å². The summed E-state index contributed by atoms with van der Waals surface area (Å²) >= 11 is 1.55. The van der Waals surface area contributed by atoms with E-state index in [1.165, 1.54) is 7.05 Å². The molecule has 0 aromatic carbocycles. The Morgan fingerprint density at radius 2 is 2.19 bits per heavy atom. The molecule has 1 unspecified atom stereocenters. The van der Waals surface area contributed by atoms with Gasteiger partial charge in [0.2, 0.25) is 5.91 Å². The number of carbonyl (C=O) groups excluding carboxylic acids is 3. The fourth-order valence-electron chi connectivity index (χ4n) is 2.32. The Kier molecular flexibility index (Phi) is 6.55. The molecule has 0 saturated heterocycles. The van der Waals surface area contributed by atoms with Gasteiger partial charge in [-0.1, -0.05) is 13.8 Å². The normalized spacial score (nSPS) is 14.1. The van der Waals surface area contributed by atoms with Crippen molar-refractivity contribution in [1.82, 2.24) is 10.2 Å². The third-order valence-electron chi connectivity index (χ3n) is 3.41. The van der Waals surface area contributed by atoms with Crippen molar-refractivity contribution in [3.8, 4) is 0 Å². The van der Waals surface area contributed by atoms with Crippen LogP contribution in [0.4, 0.5) is 0 Å². The van der Waals surface area contributed by atoms with Gasteiger partial charge in [0.25, 0.3) is 5.91 Å². The van der Waals surface area contributed by atoms with Crippen molar-refractivity contribution in [3.63, 3.8) is 0 Å². The van der Waals surface area contributed by atoms with E-state index in [9.17, 15) is 14.4 Å². The highest BCUT2D eigenvalue weighted by atomic mass is 32.1. The van der Waals surface area contributed by atoms with Crippen LogP contribution in [0, 0.1) is 6.92 Å². The van der Waals surface area contributed by atoms with Crippen molar-refractivity contribution >= 4 is 29.4 Å². The molecule has 1 aliphatic heterocycles. The summed E-state index contributed by atoms with van der Waals surface area (Å²) in [6.45, 7) is 6.43. The zero-order chi connectivity index (χ0) is 16.0. The molecule has 0 saturated carbocycles. The molecular weight excluding hydrogens is 288 g/mol. The Labute approximate surface area is 129 Å². The van der Waals surface area contributed by atoms with Crippen LogP contribution in [-0.2, 0) is 16.1 Å². The second-order valence-electron chi connectivity index (χ2n) is 4.49. The Hall–Kier alpha value is -1.69. The maximum atomic E-state index is 12.3. The Morgan fingerprint density at radius 3 is 2.71 bits per heavy atom. The number of carbonyl (C=O) groups is 3. The third-order valence-corrected chi connectivity index (χ3v) is 4.36. The van der Waals surface area contributed by atoms with Crippen LogP contribution in [0.2, 0.25) is 0 Å². The molecule has 1 N–H and O–H groups in total. The number of nitrogens with zero attached hydrogens (tertiary/aromatic N) is 1. The monoisotopic (exact) mass is 310 g/mol. The van der Waals surface area contributed by atoms with Crippen LogP contribution >= 0.6 is 11.3 Å². The molecule has 1 aromatic rings. The minimum absolute atomic E-state index is 0.112. The highest BCUT2D eigenvalue weighted by Crippen LogP contribution is 2.32. The molecule has 21 heavy (non-hydrogen) atoms. The zero-order valence-electron chi connectivity index (χ0n) is 12.9. The van der Waals surface area contributed by atoms with E-state index in [1.54, 1.807) is 16.2 Å². The first-order valence-corrected chi connectivity index (χ1v) is 8.01. The molecule has 0 bridgehead atoms. The third kappa shape index (κ3) is 3.50. The number of hydrogen-bond acceptors (Lipinski definition) is 4. The van der Waals surface area contributed by atoms with Crippen LogP contribution in [0.3, 0.4) is 0 Å². The summed E-state index contributed by atoms with van der Waals surface area (Å²) in [5.41, 5.74) is 1.71. The first-order chi connectivity index (χ1) is 10.1. The maximum Gasteiger partial charge on any atom is 0.256 e. The summed E-state index contributed by atoms with van der Waals surface area (Å²) in [4.78, 5) is 37.4. The summed E-state index contributed by atoms with van der Waals surface area (Å²) < 4.78 is 0. The van der Waals surface area contributed by atoms with Gasteiger partial charge in [0, 0.05) is 30.3 Å². The summed E-state index contributed by atoms with van der Waals surface area (Å²) in [5, 5.41) is 4.40. The average molecular weight is 310 g/mol. The van der Waals surface area contributed by atoms with Gasteiger partial charge in [-0.15, -0.1) is 11.3 Å². The molecule has 2 rings (SSSR count). The summed E-state index contributed by atoms with van der Waals surface area (Å²) in [6, 6.07) is -0.570. The van der Waals surface area contributed by atoms with Gasteiger partial charge in [-0.3, -0.25) is 9.59 Å². The highest BCUT2D eigenvalue weighted by molar-refractivity contribution is 7.10. The number of likely N-dealkylation sites (N-methyl/N-ethyl adjacent to an activating group) is 1. The lowest BCUT2D eigenvalue weighted by Crippen LogP contribution is -2.46. The molecule has 1 aromatic heterocycles. The fraction of sp³-hybridized carbons (Fsp3) is 0.533. The molecule has 0 spiro atoms. The Morgan fingerprint density at radius 1 is 1.52 bits per heavy atom. The molecule has 0 radical (unpaired) electrons. The molecule has 2 amide bonds. The van der Waals surface area contributed by atoms with Gasteiger partial charge in [-0.2, -0.15) is 0 Å². The molecule has 2 heterocycles. The van der Waals surface area contributed by atoms with Crippen molar-refractivity contribution in [1.29, 1.82) is 0 Å². The van der Waals surface area contributed by atoms with E-state index in [2.05, 4.69) is 5.32 Å². The Balaban J connectivity index is 0.00000106. The van der Waals surface area contributed by atoms with Crippen LogP contribution in [0.25, 0.3) is 0 Å². The van der Waals surface area contributed by atoms with Gasteiger partial charge < -0.3 is 15.0 Å². The fourth-order valence-corrected chi connectivity index (χ4v) is 3.18. The molecule has 5 nitrogen and oxygen atoms in total. The SMILES string of the molecule is CC.CNC(=O)C(CCC=O)N1Cc2c(csc2C)C1=O. The second-order valence-corrected chi connectivity index (χ2v) is 5.58. The number of rotatable bonds is 5. The van der Waals surface area contributed by atoms with Crippen LogP contribution in [-0.4, -0.2) is 36.1 Å². The van der Waals surface area contributed by atoms with E-state index >= 15 is 0 Å². The lowest BCUT2D eigenvalue weighted by Gasteiger charge is -2.26. The molecule has 116 valence electrons. The van der Waals surface area contributed by atoms with Crippen molar-refractivity contribution < 1.29 is 14.4 Å². The lowest BCUT2D eigenvalue weighted by molar-refractivity contribution is -0.125. The summed E-state index contributed by atoms with van der Waals surface area (Å²) in [6.07, 6.45) is 1.41. The second kappa shape index (κ2) is 7.93. The van der Waals surface area contributed by atoms with Crippen molar-refractivity contribution in [3.05, 3.63) is 21.4 Å². The van der Waals surface area contributed by atoms with Crippen molar-refractivity contribution in [2.75, 3.05) is 7.05 Å². The number of fused-ring (bicyclic) bond motifs is 1.